The predicted molar refractivity (Wildman–Crippen MR) is 54.8 cm³/mol. The van der Waals surface area contributed by atoms with E-state index in [1.807, 2.05) is 6.92 Å². The molecule has 0 unspecified atom stereocenters. The van der Waals surface area contributed by atoms with Gasteiger partial charge in [-0.25, -0.2) is 0 Å². The van der Waals surface area contributed by atoms with Crippen molar-refractivity contribution in [1.29, 1.82) is 0 Å². The fraction of sp³-hybridized carbons (Fsp3) is 0.727. The summed E-state index contributed by atoms with van der Waals surface area (Å²) in [5, 5.41) is 8.44. The van der Waals surface area contributed by atoms with E-state index >= 15 is 0 Å². The Balaban J connectivity index is 3.45. The van der Waals surface area contributed by atoms with Crippen molar-refractivity contribution in [3.63, 3.8) is 0 Å². The number of carboxylic acids is 1. The van der Waals surface area contributed by atoms with Crippen molar-refractivity contribution in [3.05, 3.63) is 11.6 Å². The van der Waals surface area contributed by atoms with Gasteiger partial charge in [0.15, 0.2) is 0 Å². The molecular weight excluding hydrogens is 164 g/mol. The summed E-state index contributed by atoms with van der Waals surface area (Å²) in [4.78, 5) is 10.3. The lowest BCUT2D eigenvalue weighted by molar-refractivity contribution is -0.136. The Morgan fingerprint density at radius 1 is 1.31 bits per heavy atom. The lowest BCUT2D eigenvalue weighted by Gasteiger charge is -1.98. The van der Waals surface area contributed by atoms with Gasteiger partial charge in [0.25, 0.3) is 0 Å². The summed E-state index contributed by atoms with van der Waals surface area (Å²) in [5.74, 6) is -0.707. The summed E-state index contributed by atoms with van der Waals surface area (Å²) in [5.41, 5.74) is 1.21. The molecule has 0 aromatic heterocycles. The quantitative estimate of drug-likeness (QED) is 0.486. The molecule has 0 spiro atoms. The molecule has 0 rings (SSSR count). The van der Waals surface area contributed by atoms with E-state index in [4.69, 9.17) is 5.11 Å². The third-order valence-electron chi connectivity index (χ3n) is 2.03. The van der Waals surface area contributed by atoms with Crippen molar-refractivity contribution in [3.8, 4) is 0 Å². The molecule has 0 saturated heterocycles. The number of allylic oxidation sites excluding steroid dienone is 2. The van der Waals surface area contributed by atoms with Crippen molar-refractivity contribution < 1.29 is 9.90 Å². The largest absolute Gasteiger partial charge is 0.481 e. The number of hydrogen-bond acceptors (Lipinski definition) is 1. The zero-order chi connectivity index (χ0) is 10.1. The van der Waals surface area contributed by atoms with Crippen LogP contribution in [-0.2, 0) is 4.79 Å². The fourth-order valence-electron chi connectivity index (χ4n) is 1.15. The van der Waals surface area contributed by atoms with Crippen LogP contribution in [0.4, 0.5) is 0 Å². The lowest BCUT2D eigenvalue weighted by Crippen LogP contribution is -1.94. The van der Waals surface area contributed by atoms with Gasteiger partial charge in [0.05, 0.1) is 0 Å². The molecule has 0 bridgehead atoms. The van der Waals surface area contributed by atoms with Crippen molar-refractivity contribution in [1.82, 2.24) is 0 Å². The van der Waals surface area contributed by atoms with Crippen LogP contribution in [0.15, 0.2) is 11.6 Å². The van der Waals surface area contributed by atoms with Crippen LogP contribution in [0, 0.1) is 0 Å². The Morgan fingerprint density at radius 2 is 2.00 bits per heavy atom. The van der Waals surface area contributed by atoms with E-state index in [1.54, 1.807) is 0 Å². The first-order valence-corrected chi connectivity index (χ1v) is 5.04. The molecule has 0 heterocycles. The van der Waals surface area contributed by atoms with E-state index in [0.29, 0.717) is 6.42 Å². The zero-order valence-corrected chi connectivity index (χ0v) is 8.68. The maximum atomic E-state index is 10.3. The third kappa shape index (κ3) is 9.12. The van der Waals surface area contributed by atoms with E-state index in [9.17, 15) is 4.79 Å². The first-order valence-electron chi connectivity index (χ1n) is 5.04. The molecule has 0 amide bonds. The van der Waals surface area contributed by atoms with Gasteiger partial charge in [-0.1, -0.05) is 31.4 Å². The van der Waals surface area contributed by atoms with Gasteiger partial charge >= 0.3 is 5.97 Å². The Morgan fingerprint density at radius 3 is 2.54 bits per heavy atom. The molecule has 0 fully saturated rings. The second kappa shape index (κ2) is 7.84. The number of unbranched alkanes of at least 4 members (excludes halogenated alkanes) is 3. The molecule has 0 aliphatic heterocycles. The minimum atomic E-state index is -0.707. The molecule has 0 aliphatic rings. The second-order valence-corrected chi connectivity index (χ2v) is 3.44. The SMILES string of the molecule is CCCCC/C=C(\C)CCC(=O)O. The molecule has 0 atom stereocenters. The van der Waals surface area contributed by atoms with Gasteiger partial charge in [0.2, 0.25) is 0 Å². The number of aliphatic carboxylic acids is 1. The number of hydrogen-bond donors (Lipinski definition) is 1. The van der Waals surface area contributed by atoms with Crippen LogP contribution < -0.4 is 0 Å². The molecule has 1 N–H and O–H groups in total. The van der Waals surface area contributed by atoms with Crippen molar-refractivity contribution in [2.75, 3.05) is 0 Å². The van der Waals surface area contributed by atoms with E-state index < -0.39 is 5.97 Å². The maximum Gasteiger partial charge on any atom is 0.303 e. The molecular formula is C11H20O2. The molecule has 0 saturated carbocycles. The second-order valence-electron chi connectivity index (χ2n) is 3.44. The Kier molecular flexibility index (Phi) is 7.36. The third-order valence-corrected chi connectivity index (χ3v) is 2.03. The van der Waals surface area contributed by atoms with Crippen LogP contribution in [0.25, 0.3) is 0 Å². The van der Waals surface area contributed by atoms with Gasteiger partial charge < -0.3 is 5.11 Å². The number of carbonyl (C=O) groups is 1. The van der Waals surface area contributed by atoms with Gasteiger partial charge in [-0.05, 0) is 26.2 Å². The van der Waals surface area contributed by atoms with Crippen molar-refractivity contribution in [2.45, 2.75) is 52.4 Å². The Hall–Kier alpha value is -0.790. The van der Waals surface area contributed by atoms with Crippen LogP contribution in [0.3, 0.4) is 0 Å². The normalized spacial score (nSPS) is 11.7. The molecule has 0 aromatic carbocycles. The van der Waals surface area contributed by atoms with Gasteiger partial charge in [-0.3, -0.25) is 4.79 Å². The minimum absolute atomic E-state index is 0.260. The monoisotopic (exact) mass is 184 g/mol. The van der Waals surface area contributed by atoms with E-state index in [0.717, 1.165) is 6.42 Å². The van der Waals surface area contributed by atoms with Crippen molar-refractivity contribution in [2.24, 2.45) is 0 Å². The summed E-state index contributed by atoms with van der Waals surface area (Å²) in [6, 6.07) is 0. The van der Waals surface area contributed by atoms with E-state index in [-0.39, 0.29) is 6.42 Å². The summed E-state index contributed by atoms with van der Waals surface area (Å²) < 4.78 is 0. The average Bonchev–Trinajstić information content (AvgIpc) is 2.09. The van der Waals surface area contributed by atoms with Gasteiger partial charge in [-0.2, -0.15) is 0 Å². The summed E-state index contributed by atoms with van der Waals surface area (Å²) >= 11 is 0. The lowest BCUT2D eigenvalue weighted by atomic mass is 10.1. The van der Waals surface area contributed by atoms with Crippen LogP contribution in [-0.4, -0.2) is 11.1 Å². The number of carboxylic acid groups (broad SMARTS) is 1. The van der Waals surface area contributed by atoms with Crippen molar-refractivity contribution >= 4 is 5.97 Å². The van der Waals surface area contributed by atoms with Crippen LogP contribution >= 0.6 is 0 Å². The summed E-state index contributed by atoms with van der Waals surface area (Å²) in [6.07, 6.45) is 7.95. The highest BCUT2D eigenvalue weighted by Gasteiger charge is 1.96. The van der Waals surface area contributed by atoms with E-state index in [1.165, 1.54) is 24.8 Å². The highest BCUT2D eigenvalue weighted by molar-refractivity contribution is 5.66. The topological polar surface area (TPSA) is 37.3 Å². The summed E-state index contributed by atoms with van der Waals surface area (Å²) in [7, 11) is 0. The standard InChI is InChI=1S/C11H20O2/c1-3-4-5-6-7-10(2)8-9-11(12)13/h7H,3-6,8-9H2,1-2H3,(H,12,13)/b10-7+. The first-order chi connectivity index (χ1) is 6.16. The summed E-state index contributed by atoms with van der Waals surface area (Å²) in [6.45, 7) is 4.19. The zero-order valence-electron chi connectivity index (χ0n) is 8.68. The van der Waals surface area contributed by atoms with Gasteiger partial charge in [0.1, 0.15) is 0 Å². The molecule has 2 heteroatoms. The molecule has 0 aromatic rings. The van der Waals surface area contributed by atoms with Crippen LogP contribution in [0.2, 0.25) is 0 Å². The maximum absolute atomic E-state index is 10.3. The highest BCUT2D eigenvalue weighted by atomic mass is 16.4. The minimum Gasteiger partial charge on any atom is -0.481 e. The van der Waals surface area contributed by atoms with Gasteiger partial charge in [-0.15, -0.1) is 0 Å². The van der Waals surface area contributed by atoms with Crippen LogP contribution in [0.1, 0.15) is 52.4 Å². The van der Waals surface area contributed by atoms with Crippen LogP contribution in [0.5, 0.6) is 0 Å². The smallest absolute Gasteiger partial charge is 0.303 e. The number of rotatable bonds is 7. The van der Waals surface area contributed by atoms with E-state index in [2.05, 4.69) is 13.0 Å². The Labute approximate surface area is 80.7 Å². The average molecular weight is 184 g/mol. The molecule has 0 radical (unpaired) electrons. The molecule has 13 heavy (non-hydrogen) atoms. The predicted octanol–water partition coefficient (Wildman–Crippen LogP) is 3.38. The molecule has 76 valence electrons. The molecule has 2 nitrogen and oxygen atoms in total. The first kappa shape index (κ1) is 12.2. The fourth-order valence-corrected chi connectivity index (χ4v) is 1.15. The van der Waals surface area contributed by atoms with Gasteiger partial charge in [0, 0.05) is 6.42 Å². The Bertz CT molecular complexity index is 171. The molecule has 0 aliphatic carbocycles. The highest BCUT2D eigenvalue weighted by Crippen LogP contribution is 2.08.